The maximum Gasteiger partial charge on any atom is 0.326 e. The molecule has 0 aliphatic heterocycles. The molecule has 5 nitrogen and oxygen atoms in total. The van der Waals surface area contributed by atoms with Gasteiger partial charge < -0.3 is 4.74 Å². The summed E-state index contributed by atoms with van der Waals surface area (Å²) in [7, 11) is 0. The Morgan fingerprint density at radius 3 is 2.62 bits per heavy atom. The summed E-state index contributed by atoms with van der Waals surface area (Å²) in [6.45, 7) is 12.2. The molecule has 7 heteroatoms. The van der Waals surface area contributed by atoms with Gasteiger partial charge in [0.25, 0.3) is 0 Å². The van der Waals surface area contributed by atoms with Gasteiger partial charge in [0, 0.05) is 11.3 Å². The molecule has 0 aliphatic rings. The molecule has 1 rings (SSSR count). The smallest absolute Gasteiger partial charge is 0.326 e. The highest BCUT2D eigenvalue weighted by atomic mass is 32.2. The Morgan fingerprint density at radius 2 is 2.14 bits per heavy atom. The van der Waals surface area contributed by atoms with E-state index in [9.17, 15) is 4.79 Å². The first-order valence-electron chi connectivity index (χ1n) is 7.18. The van der Waals surface area contributed by atoms with Crippen molar-refractivity contribution in [1.29, 1.82) is 0 Å². The van der Waals surface area contributed by atoms with Crippen molar-refractivity contribution in [1.82, 2.24) is 14.7 Å². The third-order valence-corrected chi connectivity index (χ3v) is 4.82. The molecule has 21 heavy (non-hydrogen) atoms. The minimum Gasteiger partial charge on any atom is -0.465 e. The molecule has 2 unspecified atom stereocenters. The van der Waals surface area contributed by atoms with Crippen molar-refractivity contribution in [2.75, 3.05) is 6.61 Å². The van der Waals surface area contributed by atoms with Crippen molar-refractivity contribution in [3.05, 3.63) is 5.82 Å². The van der Waals surface area contributed by atoms with E-state index in [0.29, 0.717) is 13.0 Å². The maximum absolute atomic E-state index is 12.3. The minimum atomic E-state index is -0.684. The fourth-order valence-electron chi connectivity index (χ4n) is 2.24. The summed E-state index contributed by atoms with van der Waals surface area (Å²) in [5, 5.41) is 3.58. The lowest BCUT2D eigenvalue weighted by atomic mass is 9.95. The van der Waals surface area contributed by atoms with E-state index in [0.717, 1.165) is 10.2 Å². The fraction of sp³-hybridized carbons (Fsp3) is 0.786. The number of thioether (sulfide) groups is 1. The second kappa shape index (κ2) is 8.10. The summed E-state index contributed by atoms with van der Waals surface area (Å²) in [5.74, 6) is 0.600. The molecule has 0 amide bonds. The predicted octanol–water partition coefficient (Wildman–Crippen LogP) is 3.04. The quantitative estimate of drug-likeness (QED) is 0.583. The molecule has 0 saturated carbocycles. The van der Waals surface area contributed by atoms with Crippen LogP contribution in [0.3, 0.4) is 0 Å². The van der Waals surface area contributed by atoms with Gasteiger partial charge in [0.05, 0.1) is 6.61 Å². The number of aromatic nitrogens is 2. The molecule has 0 radical (unpaired) electrons. The molecule has 1 aromatic heterocycles. The van der Waals surface area contributed by atoms with E-state index < -0.39 is 5.54 Å². The van der Waals surface area contributed by atoms with Crippen LogP contribution in [0.1, 0.15) is 46.9 Å². The number of rotatable bonds is 8. The van der Waals surface area contributed by atoms with Crippen LogP contribution in [0.4, 0.5) is 0 Å². The first kappa shape index (κ1) is 18.4. The Balaban J connectivity index is 2.72. The normalized spacial score (nSPS) is 15.8. The Bertz CT molecular complexity index is 465. The first-order chi connectivity index (χ1) is 9.76. The predicted molar refractivity (Wildman–Crippen MR) is 87.9 cm³/mol. The number of nitrogens with one attached hydrogen (secondary N) is 1. The van der Waals surface area contributed by atoms with Crippen molar-refractivity contribution in [2.45, 2.75) is 69.1 Å². The van der Waals surface area contributed by atoms with Crippen molar-refractivity contribution >= 4 is 29.3 Å². The number of nitrogens with zero attached hydrogens (tertiary/aromatic N) is 2. The third-order valence-electron chi connectivity index (χ3n) is 2.84. The lowest BCUT2D eigenvalue weighted by Gasteiger charge is -2.32. The number of carbonyl (C=O) groups excluding carboxylic acids is 1. The molecule has 2 atom stereocenters. The molecular weight excluding hydrogens is 306 g/mol. The van der Waals surface area contributed by atoms with Gasteiger partial charge in [-0.05, 0) is 52.6 Å². The Hall–Kier alpha value is -0.660. The van der Waals surface area contributed by atoms with Gasteiger partial charge in [0.2, 0.25) is 0 Å². The van der Waals surface area contributed by atoms with Gasteiger partial charge in [0.1, 0.15) is 11.4 Å². The second-order valence-electron chi connectivity index (χ2n) is 5.59. The van der Waals surface area contributed by atoms with Crippen LogP contribution >= 0.6 is 23.3 Å². The SMILES string of the molecule is CCOC(=O)C(C)(CC(C)Sc1nc(C)ns1)NC(C)C. The highest BCUT2D eigenvalue weighted by Gasteiger charge is 2.37. The zero-order valence-electron chi connectivity index (χ0n) is 13.6. The van der Waals surface area contributed by atoms with Gasteiger partial charge in [-0.2, -0.15) is 4.37 Å². The summed E-state index contributed by atoms with van der Waals surface area (Å²) in [5.41, 5.74) is -0.684. The molecule has 0 spiro atoms. The summed E-state index contributed by atoms with van der Waals surface area (Å²) < 4.78 is 10.3. The number of ether oxygens (including phenoxy) is 1. The first-order valence-corrected chi connectivity index (χ1v) is 8.84. The topological polar surface area (TPSA) is 64.1 Å². The molecule has 120 valence electrons. The van der Waals surface area contributed by atoms with E-state index in [1.165, 1.54) is 11.5 Å². The van der Waals surface area contributed by atoms with Crippen molar-refractivity contribution < 1.29 is 9.53 Å². The van der Waals surface area contributed by atoms with E-state index in [-0.39, 0.29) is 17.3 Å². The van der Waals surface area contributed by atoms with Gasteiger partial charge in [-0.3, -0.25) is 10.1 Å². The van der Waals surface area contributed by atoms with Crippen LogP contribution in [0.25, 0.3) is 0 Å². The molecule has 0 saturated heterocycles. The van der Waals surface area contributed by atoms with Gasteiger partial charge in [-0.15, -0.1) is 0 Å². The third kappa shape index (κ3) is 5.92. The van der Waals surface area contributed by atoms with Crippen molar-refractivity contribution in [2.24, 2.45) is 0 Å². The van der Waals surface area contributed by atoms with Gasteiger partial charge in [-0.1, -0.05) is 18.7 Å². The fourth-order valence-corrected chi connectivity index (χ4v) is 4.39. The maximum atomic E-state index is 12.3. The molecule has 0 aromatic carbocycles. The van der Waals surface area contributed by atoms with Crippen LogP contribution in [-0.4, -0.2) is 38.8 Å². The van der Waals surface area contributed by atoms with Gasteiger partial charge in [-0.25, -0.2) is 4.98 Å². The van der Waals surface area contributed by atoms with Gasteiger partial charge >= 0.3 is 5.97 Å². The molecule has 1 N–H and O–H groups in total. The van der Waals surface area contributed by atoms with Gasteiger partial charge in [0.15, 0.2) is 4.34 Å². The summed E-state index contributed by atoms with van der Waals surface area (Å²) >= 11 is 3.05. The monoisotopic (exact) mass is 331 g/mol. The average Bonchev–Trinajstić information content (AvgIpc) is 2.73. The number of aryl methyl sites for hydroxylation is 1. The van der Waals surface area contributed by atoms with Crippen LogP contribution in [0.2, 0.25) is 0 Å². The van der Waals surface area contributed by atoms with Crippen molar-refractivity contribution in [3.63, 3.8) is 0 Å². The van der Waals surface area contributed by atoms with E-state index in [4.69, 9.17) is 4.74 Å². The zero-order chi connectivity index (χ0) is 16.0. The molecule has 0 aliphatic carbocycles. The molecule has 0 fully saturated rings. The summed E-state index contributed by atoms with van der Waals surface area (Å²) in [6.07, 6.45) is 0.674. The van der Waals surface area contributed by atoms with Crippen LogP contribution in [0.5, 0.6) is 0 Å². The lowest BCUT2D eigenvalue weighted by Crippen LogP contribution is -2.54. The standard InChI is InChI=1S/C14H25N3O2S2/c1-7-19-12(18)14(6,16-9(2)3)8-10(4)20-13-15-11(5)17-21-13/h9-10,16H,7-8H2,1-6H3. The highest BCUT2D eigenvalue weighted by molar-refractivity contribution is 8.01. The number of hydrogen-bond acceptors (Lipinski definition) is 7. The van der Waals surface area contributed by atoms with E-state index in [1.54, 1.807) is 11.8 Å². The number of esters is 1. The van der Waals surface area contributed by atoms with E-state index >= 15 is 0 Å². The molecule has 1 heterocycles. The zero-order valence-corrected chi connectivity index (χ0v) is 15.2. The van der Waals surface area contributed by atoms with E-state index in [1.807, 2.05) is 34.6 Å². The molecule has 1 aromatic rings. The largest absolute Gasteiger partial charge is 0.465 e. The Labute approximate surface area is 135 Å². The average molecular weight is 332 g/mol. The number of carbonyl (C=O) groups is 1. The summed E-state index contributed by atoms with van der Waals surface area (Å²) in [4.78, 5) is 16.6. The van der Waals surface area contributed by atoms with Crippen LogP contribution in [0, 0.1) is 6.92 Å². The highest BCUT2D eigenvalue weighted by Crippen LogP contribution is 2.30. The minimum absolute atomic E-state index is 0.195. The Morgan fingerprint density at radius 1 is 1.48 bits per heavy atom. The lowest BCUT2D eigenvalue weighted by molar-refractivity contribution is -0.151. The molecular formula is C14H25N3O2S2. The number of hydrogen-bond donors (Lipinski definition) is 1. The van der Waals surface area contributed by atoms with Crippen molar-refractivity contribution in [3.8, 4) is 0 Å². The summed E-state index contributed by atoms with van der Waals surface area (Å²) in [6, 6.07) is 0.209. The van der Waals surface area contributed by atoms with Crippen LogP contribution in [0.15, 0.2) is 4.34 Å². The molecule has 0 bridgehead atoms. The van der Waals surface area contributed by atoms with E-state index in [2.05, 4.69) is 21.6 Å². The Kier molecular flexibility index (Phi) is 7.09. The second-order valence-corrected chi connectivity index (χ2v) is 8.03. The van der Waals surface area contributed by atoms with Crippen LogP contribution < -0.4 is 5.32 Å². The van der Waals surface area contributed by atoms with Crippen LogP contribution in [-0.2, 0) is 9.53 Å².